The SMILES string of the molecule is Nc1[nH+]c(-c2ccc(Cl)c(Cl)c2)cs1. The number of thiazole rings is 1. The van der Waals surface area contributed by atoms with Crippen molar-refractivity contribution in [3.05, 3.63) is 33.6 Å². The van der Waals surface area contributed by atoms with Crippen LogP contribution >= 0.6 is 34.5 Å². The molecule has 2 nitrogen and oxygen atoms in total. The highest BCUT2D eigenvalue weighted by Gasteiger charge is 2.07. The summed E-state index contributed by atoms with van der Waals surface area (Å²) in [4.78, 5) is 3.03. The van der Waals surface area contributed by atoms with Crippen LogP contribution in [-0.4, -0.2) is 0 Å². The molecule has 0 bridgehead atoms. The minimum Gasteiger partial charge on any atom is -0.278 e. The Balaban J connectivity index is 2.47. The molecule has 14 heavy (non-hydrogen) atoms. The normalized spacial score (nSPS) is 10.4. The smallest absolute Gasteiger partial charge is 0.278 e. The average Bonchev–Trinajstić information content (AvgIpc) is 2.57. The monoisotopic (exact) mass is 245 g/mol. The quantitative estimate of drug-likeness (QED) is 0.825. The van der Waals surface area contributed by atoms with Gasteiger partial charge in [0.25, 0.3) is 0 Å². The number of hydrogen-bond donors (Lipinski definition) is 1. The van der Waals surface area contributed by atoms with Crippen molar-refractivity contribution in [3.8, 4) is 11.3 Å². The lowest BCUT2D eigenvalue weighted by Crippen LogP contribution is -2.06. The van der Waals surface area contributed by atoms with Crippen molar-refractivity contribution in [1.82, 2.24) is 0 Å². The molecule has 1 aromatic carbocycles. The molecule has 1 aromatic heterocycles. The van der Waals surface area contributed by atoms with Crippen molar-refractivity contribution in [2.24, 2.45) is 0 Å². The number of H-pyrrole nitrogens is 1. The first-order valence-corrected chi connectivity index (χ1v) is 5.52. The van der Waals surface area contributed by atoms with Crippen molar-refractivity contribution in [3.63, 3.8) is 0 Å². The highest BCUT2D eigenvalue weighted by Crippen LogP contribution is 2.27. The largest absolute Gasteiger partial charge is 0.329 e. The number of nitrogens with one attached hydrogen (secondary N) is 1. The number of benzene rings is 1. The lowest BCUT2D eigenvalue weighted by Gasteiger charge is -1.97. The molecular weight excluding hydrogens is 239 g/mol. The minimum atomic E-state index is 0.544. The van der Waals surface area contributed by atoms with Gasteiger partial charge in [0.05, 0.1) is 10.0 Å². The van der Waals surface area contributed by atoms with Crippen LogP contribution in [0.15, 0.2) is 23.6 Å². The van der Waals surface area contributed by atoms with Crippen molar-refractivity contribution >= 4 is 39.7 Å². The maximum Gasteiger partial charge on any atom is 0.329 e. The molecule has 0 unspecified atom stereocenters. The number of aromatic nitrogens is 1. The standard InChI is InChI=1S/C9H6Cl2N2S/c10-6-2-1-5(3-7(6)11)8-4-14-9(12)13-8/h1-4H,(H2,12,13)/p+1. The molecule has 0 radical (unpaired) electrons. The van der Waals surface area contributed by atoms with Crippen LogP contribution in [0.5, 0.6) is 0 Å². The van der Waals surface area contributed by atoms with Crippen LogP contribution in [0.1, 0.15) is 0 Å². The summed E-state index contributed by atoms with van der Waals surface area (Å²) in [5.41, 5.74) is 7.52. The summed E-state index contributed by atoms with van der Waals surface area (Å²) in [6.45, 7) is 0. The summed E-state index contributed by atoms with van der Waals surface area (Å²) in [6.07, 6.45) is 0. The molecule has 0 saturated heterocycles. The zero-order valence-corrected chi connectivity index (χ0v) is 9.38. The van der Waals surface area contributed by atoms with Crippen molar-refractivity contribution in [1.29, 1.82) is 0 Å². The van der Waals surface area contributed by atoms with E-state index in [-0.39, 0.29) is 0 Å². The summed E-state index contributed by atoms with van der Waals surface area (Å²) in [7, 11) is 0. The van der Waals surface area contributed by atoms with Gasteiger partial charge in [-0.1, -0.05) is 34.5 Å². The number of nitrogen functional groups attached to an aromatic ring is 1. The van der Waals surface area contributed by atoms with Crippen molar-refractivity contribution in [2.45, 2.75) is 0 Å². The lowest BCUT2D eigenvalue weighted by atomic mass is 10.2. The van der Waals surface area contributed by atoms with Gasteiger partial charge in [0.15, 0.2) is 0 Å². The Morgan fingerprint density at radius 2 is 2.00 bits per heavy atom. The number of halogens is 2. The Kier molecular flexibility index (Phi) is 2.63. The molecule has 0 fully saturated rings. The fraction of sp³-hybridized carbons (Fsp3) is 0. The van der Waals surface area contributed by atoms with Gasteiger partial charge in [-0.3, -0.25) is 5.73 Å². The van der Waals surface area contributed by atoms with Gasteiger partial charge in [-0.15, -0.1) is 0 Å². The number of aromatic amines is 1. The molecule has 0 aliphatic heterocycles. The predicted molar refractivity (Wildman–Crippen MR) is 60.7 cm³/mol. The molecule has 2 rings (SSSR count). The fourth-order valence-electron chi connectivity index (χ4n) is 1.12. The fourth-order valence-corrected chi connectivity index (χ4v) is 2.02. The number of hydrogen-bond acceptors (Lipinski definition) is 2. The van der Waals surface area contributed by atoms with Crippen molar-refractivity contribution < 1.29 is 4.98 Å². The number of rotatable bonds is 1. The Bertz CT molecular complexity index is 468. The van der Waals surface area contributed by atoms with E-state index in [4.69, 9.17) is 28.9 Å². The van der Waals surface area contributed by atoms with Crippen molar-refractivity contribution in [2.75, 3.05) is 5.73 Å². The van der Waals surface area contributed by atoms with Gasteiger partial charge >= 0.3 is 5.13 Å². The topological polar surface area (TPSA) is 40.2 Å². The van der Waals surface area contributed by atoms with E-state index >= 15 is 0 Å². The second kappa shape index (κ2) is 3.77. The van der Waals surface area contributed by atoms with Gasteiger partial charge < -0.3 is 0 Å². The zero-order chi connectivity index (χ0) is 10.1. The second-order valence-corrected chi connectivity index (χ2v) is 4.49. The van der Waals surface area contributed by atoms with Gasteiger partial charge in [-0.2, -0.15) is 0 Å². The molecule has 0 aliphatic rings. The number of nitrogens with two attached hydrogens (primary N) is 1. The first-order chi connectivity index (χ1) is 6.66. The average molecular weight is 246 g/mol. The highest BCUT2D eigenvalue weighted by molar-refractivity contribution is 7.13. The van der Waals surface area contributed by atoms with Gasteiger partial charge in [-0.05, 0) is 18.2 Å². The van der Waals surface area contributed by atoms with Crippen LogP contribution in [0.25, 0.3) is 11.3 Å². The zero-order valence-electron chi connectivity index (χ0n) is 7.05. The summed E-state index contributed by atoms with van der Waals surface area (Å²) in [5.74, 6) is 0. The third-order valence-electron chi connectivity index (χ3n) is 1.79. The second-order valence-electron chi connectivity index (χ2n) is 2.77. The van der Waals surface area contributed by atoms with Gasteiger partial charge in [0, 0.05) is 10.9 Å². The van der Waals surface area contributed by atoms with E-state index < -0.39 is 0 Å². The minimum absolute atomic E-state index is 0.544. The Morgan fingerprint density at radius 1 is 1.21 bits per heavy atom. The molecule has 5 heteroatoms. The molecule has 3 N–H and O–H groups in total. The third kappa shape index (κ3) is 1.85. The first-order valence-electron chi connectivity index (χ1n) is 3.88. The molecule has 0 saturated carbocycles. The molecule has 0 atom stereocenters. The Morgan fingerprint density at radius 3 is 2.57 bits per heavy atom. The molecule has 0 aliphatic carbocycles. The Labute approximate surface area is 95.3 Å². The molecule has 0 amide bonds. The van der Waals surface area contributed by atoms with Crippen LogP contribution in [0.3, 0.4) is 0 Å². The Hall–Kier alpha value is -0.770. The maximum atomic E-state index is 5.90. The molecule has 1 heterocycles. The van der Waals surface area contributed by atoms with Crippen LogP contribution < -0.4 is 10.7 Å². The van der Waals surface area contributed by atoms with Gasteiger partial charge in [0.1, 0.15) is 5.69 Å². The van der Waals surface area contributed by atoms with Crippen LogP contribution in [0, 0.1) is 0 Å². The first kappa shape index (κ1) is 9.77. The van der Waals surface area contributed by atoms with E-state index in [1.165, 1.54) is 11.3 Å². The van der Waals surface area contributed by atoms with E-state index in [1.807, 2.05) is 17.5 Å². The third-order valence-corrected chi connectivity index (χ3v) is 3.24. The van der Waals surface area contributed by atoms with E-state index in [0.29, 0.717) is 15.2 Å². The van der Waals surface area contributed by atoms with E-state index in [2.05, 4.69) is 4.98 Å². The lowest BCUT2D eigenvalue weighted by molar-refractivity contribution is -0.340. The molecule has 0 spiro atoms. The van der Waals surface area contributed by atoms with Gasteiger partial charge in [-0.25, -0.2) is 4.98 Å². The molecular formula is C9H7Cl2N2S+. The van der Waals surface area contributed by atoms with Crippen LogP contribution in [0.2, 0.25) is 10.0 Å². The highest BCUT2D eigenvalue weighted by atomic mass is 35.5. The predicted octanol–water partition coefficient (Wildman–Crippen LogP) is 3.12. The summed E-state index contributed by atoms with van der Waals surface area (Å²) in [5, 5.41) is 3.71. The maximum absolute atomic E-state index is 5.90. The molecule has 72 valence electrons. The molecule has 2 aromatic rings. The number of anilines is 1. The van der Waals surface area contributed by atoms with E-state index in [9.17, 15) is 0 Å². The summed E-state index contributed by atoms with van der Waals surface area (Å²) < 4.78 is 0. The van der Waals surface area contributed by atoms with Crippen LogP contribution in [-0.2, 0) is 0 Å². The van der Waals surface area contributed by atoms with E-state index in [0.717, 1.165) is 11.3 Å². The van der Waals surface area contributed by atoms with Crippen LogP contribution in [0.4, 0.5) is 5.13 Å². The summed E-state index contributed by atoms with van der Waals surface area (Å²) >= 11 is 13.2. The van der Waals surface area contributed by atoms with Gasteiger partial charge in [0.2, 0.25) is 0 Å². The van der Waals surface area contributed by atoms with E-state index in [1.54, 1.807) is 6.07 Å². The summed E-state index contributed by atoms with van der Waals surface area (Å²) in [6, 6.07) is 5.47.